The van der Waals surface area contributed by atoms with Crippen LogP contribution in [0.1, 0.15) is 40.2 Å². The van der Waals surface area contributed by atoms with Crippen molar-refractivity contribution in [1.29, 1.82) is 0 Å². The quantitative estimate of drug-likeness (QED) is 0.860. The lowest BCUT2D eigenvalue weighted by molar-refractivity contribution is 0.0696. The van der Waals surface area contributed by atoms with E-state index in [1.807, 2.05) is 6.92 Å². The molecule has 2 rings (SSSR count). The summed E-state index contributed by atoms with van der Waals surface area (Å²) in [5, 5.41) is 20.0. The average molecular weight is 276 g/mol. The number of aromatic nitrogens is 3. The van der Waals surface area contributed by atoms with Crippen molar-refractivity contribution in [2.24, 2.45) is 0 Å². The van der Waals surface area contributed by atoms with Gasteiger partial charge in [0.1, 0.15) is 11.3 Å². The molecule has 2 aromatic heterocycles. The lowest BCUT2D eigenvalue weighted by atomic mass is 10.1. The van der Waals surface area contributed by atoms with Crippen LogP contribution in [0.4, 0.5) is 5.82 Å². The van der Waals surface area contributed by atoms with Crippen molar-refractivity contribution < 1.29 is 14.3 Å². The van der Waals surface area contributed by atoms with Gasteiger partial charge >= 0.3 is 5.97 Å². The molecule has 0 aliphatic heterocycles. The molecule has 0 aromatic carbocycles. The normalized spacial score (nSPS) is 10.6. The van der Waals surface area contributed by atoms with Gasteiger partial charge in [-0.15, -0.1) is 5.10 Å². The van der Waals surface area contributed by atoms with E-state index >= 15 is 0 Å². The number of nitrogens with one attached hydrogen (secondary N) is 1. The summed E-state index contributed by atoms with van der Waals surface area (Å²) in [6, 6.07) is 0. The van der Waals surface area contributed by atoms with E-state index in [1.165, 1.54) is 0 Å². The van der Waals surface area contributed by atoms with Crippen molar-refractivity contribution in [2.75, 3.05) is 5.32 Å². The highest BCUT2D eigenvalue weighted by molar-refractivity contribution is 5.94. The average Bonchev–Trinajstić information content (AvgIpc) is 2.87. The predicted molar refractivity (Wildman–Crippen MR) is 71.7 cm³/mol. The minimum absolute atomic E-state index is 0.125. The Balaban J connectivity index is 2.21. The van der Waals surface area contributed by atoms with Gasteiger partial charge in [-0.1, -0.05) is 6.92 Å². The van der Waals surface area contributed by atoms with E-state index in [2.05, 4.69) is 20.5 Å². The number of anilines is 1. The number of carboxylic acids is 1. The summed E-state index contributed by atoms with van der Waals surface area (Å²) in [4.78, 5) is 15.4. The third-order valence-corrected chi connectivity index (χ3v) is 3.03. The number of carboxylic acid groups (broad SMARTS) is 1. The number of hydrogen-bond acceptors (Lipinski definition) is 6. The molecule has 0 bridgehead atoms. The zero-order valence-corrected chi connectivity index (χ0v) is 11.6. The first-order chi connectivity index (χ1) is 9.52. The van der Waals surface area contributed by atoms with Crippen molar-refractivity contribution in [3.63, 3.8) is 0 Å². The van der Waals surface area contributed by atoms with Gasteiger partial charge < -0.3 is 14.8 Å². The van der Waals surface area contributed by atoms with E-state index in [1.54, 1.807) is 20.0 Å². The summed E-state index contributed by atoms with van der Waals surface area (Å²) in [5.41, 5.74) is 1.31. The number of oxazole rings is 1. The van der Waals surface area contributed by atoms with Crippen LogP contribution in [0.15, 0.2) is 10.6 Å². The number of nitrogens with zero attached hydrogens (tertiary/aromatic N) is 3. The smallest absolute Gasteiger partial charge is 0.339 e. The molecule has 0 radical (unpaired) electrons. The van der Waals surface area contributed by atoms with E-state index in [0.717, 1.165) is 12.2 Å². The van der Waals surface area contributed by atoms with Crippen molar-refractivity contribution in [1.82, 2.24) is 15.2 Å². The maximum absolute atomic E-state index is 11.3. The van der Waals surface area contributed by atoms with Gasteiger partial charge in [0.25, 0.3) is 0 Å². The molecule has 106 valence electrons. The van der Waals surface area contributed by atoms with Crippen molar-refractivity contribution in [3.8, 4) is 0 Å². The van der Waals surface area contributed by atoms with E-state index < -0.39 is 5.97 Å². The molecule has 2 heterocycles. The van der Waals surface area contributed by atoms with E-state index in [9.17, 15) is 9.90 Å². The van der Waals surface area contributed by atoms with Crippen molar-refractivity contribution in [3.05, 3.63) is 34.7 Å². The van der Waals surface area contributed by atoms with Crippen LogP contribution in [0.5, 0.6) is 0 Å². The van der Waals surface area contributed by atoms with Crippen molar-refractivity contribution >= 4 is 11.8 Å². The summed E-state index contributed by atoms with van der Waals surface area (Å²) in [7, 11) is 0. The van der Waals surface area contributed by atoms with Crippen LogP contribution in [-0.2, 0) is 13.0 Å². The molecule has 0 unspecified atom stereocenters. The molecular weight excluding hydrogens is 260 g/mol. The lowest BCUT2D eigenvalue weighted by Gasteiger charge is -2.09. The second-order valence-electron chi connectivity index (χ2n) is 4.37. The SMILES string of the molecule is CCc1cnc(CNc2nnc(C)c(C)c2C(=O)O)o1. The summed E-state index contributed by atoms with van der Waals surface area (Å²) < 4.78 is 5.44. The maximum Gasteiger partial charge on any atom is 0.339 e. The Hall–Kier alpha value is -2.44. The molecule has 2 aromatic rings. The standard InChI is InChI=1S/C13H16N4O3/c1-4-9-5-14-10(20-9)6-15-12-11(13(18)19)7(2)8(3)16-17-12/h5H,4,6H2,1-3H3,(H,15,17)(H,18,19). The van der Waals surface area contributed by atoms with Gasteiger partial charge in [0.05, 0.1) is 18.4 Å². The van der Waals surface area contributed by atoms with Gasteiger partial charge in [-0.05, 0) is 19.4 Å². The first-order valence-corrected chi connectivity index (χ1v) is 6.27. The molecule has 7 heteroatoms. The highest BCUT2D eigenvalue weighted by atomic mass is 16.4. The first kappa shape index (κ1) is 14.0. The zero-order chi connectivity index (χ0) is 14.7. The fraction of sp³-hybridized carbons (Fsp3) is 0.385. The largest absolute Gasteiger partial charge is 0.478 e. The van der Waals surface area contributed by atoms with Gasteiger partial charge in [-0.3, -0.25) is 0 Å². The zero-order valence-electron chi connectivity index (χ0n) is 11.6. The summed E-state index contributed by atoms with van der Waals surface area (Å²) in [5.74, 6) is 0.450. The number of aryl methyl sites for hydroxylation is 2. The van der Waals surface area contributed by atoms with Gasteiger partial charge in [0, 0.05) is 6.42 Å². The Morgan fingerprint density at radius 1 is 1.40 bits per heavy atom. The molecular formula is C13H16N4O3. The third kappa shape index (κ3) is 2.76. The summed E-state index contributed by atoms with van der Waals surface area (Å²) in [6.07, 6.45) is 2.41. The predicted octanol–water partition coefficient (Wildman–Crippen LogP) is 1.95. The molecule has 0 saturated heterocycles. The van der Waals surface area contributed by atoms with E-state index in [4.69, 9.17) is 4.42 Å². The van der Waals surface area contributed by atoms with Gasteiger partial charge in [0.15, 0.2) is 5.82 Å². The van der Waals surface area contributed by atoms with Crippen LogP contribution in [0.2, 0.25) is 0 Å². The fourth-order valence-corrected chi connectivity index (χ4v) is 1.75. The molecule has 0 atom stereocenters. The maximum atomic E-state index is 11.3. The van der Waals surface area contributed by atoms with Gasteiger partial charge in [-0.25, -0.2) is 9.78 Å². The summed E-state index contributed by atoms with van der Waals surface area (Å²) >= 11 is 0. The molecule has 0 saturated carbocycles. The van der Waals surface area contributed by atoms with Crippen LogP contribution in [0, 0.1) is 13.8 Å². The van der Waals surface area contributed by atoms with Crippen molar-refractivity contribution in [2.45, 2.75) is 33.7 Å². The molecule has 0 aliphatic rings. The number of rotatable bonds is 5. The van der Waals surface area contributed by atoms with Crippen LogP contribution in [-0.4, -0.2) is 26.3 Å². The highest BCUT2D eigenvalue weighted by Crippen LogP contribution is 2.19. The minimum Gasteiger partial charge on any atom is -0.478 e. The third-order valence-electron chi connectivity index (χ3n) is 3.03. The Labute approximate surface area is 116 Å². The molecule has 0 aliphatic carbocycles. The van der Waals surface area contributed by atoms with Crippen LogP contribution < -0.4 is 5.32 Å². The van der Waals surface area contributed by atoms with Crippen LogP contribution >= 0.6 is 0 Å². The molecule has 7 nitrogen and oxygen atoms in total. The molecule has 0 spiro atoms. The number of aromatic carboxylic acids is 1. The Kier molecular flexibility index (Phi) is 3.97. The Morgan fingerprint density at radius 3 is 2.75 bits per heavy atom. The topological polar surface area (TPSA) is 101 Å². The van der Waals surface area contributed by atoms with Gasteiger partial charge in [-0.2, -0.15) is 5.10 Å². The second-order valence-corrected chi connectivity index (χ2v) is 4.37. The summed E-state index contributed by atoms with van der Waals surface area (Å²) in [6.45, 7) is 5.66. The first-order valence-electron chi connectivity index (χ1n) is 6.27. The number of hydrogen-bond donors (Lipinski definition) is 2. The molecule has 0 amide bonds. The number of carbonyl (C=O) groups is 1. The molecule has 2 N–H and O–H groups in total. The fourth-order valence-electron chi connectivity index (χ4n) is 1.75. The monoisotopic (exact) mass is 276 g/mol. The highest BCUT2D eigenvalue weighted by Gasteiger charge is 2.17. The Bertz CT molecular complexity index is 637. The second kappa shape index (κ2) is 5.68. The lowest BCUT2D eigenvalue weighted by Crippen LogP contribution is -2.13. The molecule has 20 heavy (non-hydrogen) atoms. The minimum atomic E-state index is -1.04. The van der Waals surface area contributed by atoms with Crippen LogP contribution in [0.25, 0.3) is 0 Å². The Morgan fingerprint density at radius 2 is 2.15 bits per heavy atom. The van der Waals surface area contributed by atoms with E-state index in [0.29, 0.717) is 17.1 Å². The van der Waals surface area contributed by atoms with Crippen LogP contribution in [0.3, 0.4) is 0 Å². The van der Waals surface area contributed by atoms with E-state index in [-0.39, 0.29) is 17.9 Å². The molecule has 0 fully saturated rings. The van der Waals surface area contributed by atoms with Gasteiger partial charge in [0.2, 0.25) is 5.89 Å².